The monoisotopic (exact) mass is 286 g/mol. The summed E-state index contributed by atoms with van der Waals surface area (Å²) in [4.78, 5) is 11.4. The molecule has 0 aliphatic carbocycles. The SMILES string of the molecule is Cc1cccc(CN(C)c2nc(C)ccc2C(N)=S)n1. The third-order valence-corrected chi connectivity index (χ3v) is 3.21. The fourth-order valence-electron chi connectivity index (χ4n) is 2.03. The molecule has 20 heavy (non-hydrogen) atoms. The smallest absolute Gasteiger partial charge is 0.139 e. The lowest BCUT2D eigenvalue weighted by Crippen LogP contribution is -2.23. The maximum Gasteiger partial charge on any atom is 0.139 e. The molecule has 0 spiro atoms. The first-order valence-electron chi connectivity index (χ1n) is 6.38. The molecule has 2 N–H and O–H groups in total. The van der Waals surface area contributed by atoms with Gasteiger partial charge in [0, 0.05) is 18.4 Å². The van der Waals surface area contributed by atoms with Gasteiger partial charge in [0.15, 0.2) is 0 Å². The van der Waals surface area contributed by atoms with Crippen molar-refractivity contribution >= 4 is 23.0 Å². The van der Waals surface area contributed by atoms with Gasteiger partial charge in [-0.3, -0.25) is 4.98 Å². The summed E-state index contributed by atoms with van der Waals surface area (Å²) in [5, 5.41) is 0. The van der Waals surface area contributed by atoms with Crippen LogP contribution in [-0.2, 0) is 6.54 Å². The minimum Gasteiger partial charge on any atom is -0.389 e. The fourth-order valence-corrected chi connectivity index (χ4v) is 2.19. The molecule has 2 aromatic rings. The summed E-state index contributed by atoms with van der Waals surface area (Å²) in [5.41, 5.74) is 9.49. The van der Waals surface area contributed by atoms with E-state index in [1.807, 2.05) is 56.1 Å². The molecule has 0 aromatic carbocycles. The number of pyridine rings is 2. The minimum absolute atomic E-state index is 0.358. The van der Waals surface area contributed by atoms with Gasteiger partial charge >= 0.3 is 0 Å². The summed E-state index contributed by atoms with van der Waals surface area (Å²) in [6.07, 6.45) is 0. The van der Waals surface area contributed by atoms with Crippen molar-refractivity contribution < 1.29 is 0 Å². The van der Waals surface area contributed by atoms with Crippen molar-refractivity contribution in [3.8, 4) is 0 Å². The lowest BCUT2D eigenvalue weighted by molar-refractivity contribution is 0.854. The first kappa shape index (κ1) is 14.4. The molecule has 0 aliphatic rings. The first-order valence-corrected chi connectivity index (χ1v) is 6.79. The predicted molar refractivity (Wildman–Crippen MR) is 85.9 cm³/mol. The number of anilines is 1. The average Bonchev–Trinajstić information content (AvgIpc) is 2.38. The Morgan fingerprint density at radius 3 is 2.50 bits per heavy atom. The van der Waals surface area contributed by atoms with Gasteiger partial charge in [-0.2, -0.15) is 0 Å². The summed E-state index contributed by atoms with van der Waals surface area (Å²) in [7, 11) is 1.97. The Labute approximate surface area is 124 Å². The van der Waals surface area contributed by atoms with Gasteiger partial charge in [0.05, 0.1) is 17.8 Å². The largest absolute Gasteiger partial charge is 0.389 e. The van der Waals surface area contributed by atoms with E-state index in [9.17, 15) is 0 Å². The van der Waals surface area contributed by atoms with Gasteiger partial charge in [0.1, 0.15) is 10.8 Å². The van der Waals surface area contributed by atoms with E-state index in [1.54, 1.807) is 0 Å². The number of aryl methyl sites for hydroxylation is 2. The number of aromatic nitrogens is 2. The second-order valence-electron chi connectivity index (χ2n) is 4.81. The van der Waals surface area contributed by atoms with E-state index in [0.717, 1.165) is 28.5 Å². The lowest BCUT2D eigenvalue weighted by atomic mass is 10.2. The fraction of sp³-hybridized carbons (Fsp3) is 0.267. The van der Waals surface area contributed by atoms with Gasteiger partial charge in [-0.05, 0) is 38.1 Å². The van der Waals surface area contributed by atoms with E-state index in [0.29, 0.717) is 11.5 Å². The maximum absolute atomic E-state index is 5.77. The molecule has 0 amide bonds. The second-order valence-corrected chi connectivity index (χ2v) is 5.25. The van der Waals surface area contributed by atoms with Crippen LogP contribution in [0.3, 0.4) is 0 Å². The van der Waals surface area contributed by atoms with Gasteiger partial charge in [0.2, 0.25) is 0 Å². The molecule has 5 heteroatoms. The van der Waals surface area contributed by atoms with Gasteiger partial charge < -0.3 is 10.6 Å². The van der Waals surface area contributed by atoms with Crippen molar-refractivity contribution in [2.75, 3.05) is 11.9 Å². The van der Waals surface area contributed by atoms with Crippen LogP contribution in [0.2, 0.25) is 0 Å². The van der Waals surface area contributed by atoms with E-state index < -0.39 is 0 Å². The van der Waals surface area contributed by atoms with E-state index in [-0.39, 0.29) is 0 Å². The summed E-state index contributed by atoms with van der Waals surface area (Å²) in [5.74, 6) is 0.792. The second kappa shape index (κ2) is 5.96. The summed E-state index contributed by atoms with van der Waals surface area (Å²) < 4.78 is 0. The minimum atomic E-state index is 0.358. The van der Waals surface area contributed by atoms with Crippen molar-refractivity contribution in [3.63, 3.8) is 0 Å². The standard InChI is InChI=1S/C15H18N4S/c1-10-5-4-6-12(17-10)9-19(3)15-13(14(16)20)8-7-11(2)18-15/h4-8H,9H2,1-3H3,(H2,16,20). The molecular formula is C15H18N4S. The molecule has 0 unspecified atom stereocenters. The average molecular weight is 286 g/mol. The van der Waals surface area contributed by atoms with E-state index in [1.165, 1.54) is 0 Å². The number of rotatable bonds is 4. The van der Waals surface area contributed by atoms with Crippen molar-refractivity contribution in [2.24, 2.45) is 5.73 Å². The Hall–Kier alpha value is -2.01. The first-order chi connectivity index (χ1) is 9.47. The molecule has 2 aromatic heterocycles. The topological polar surface area (TPSA) is 55.0 Å². The highest BCUT2D eigenvalue weighted by Crippen LogP contribution is 2.19. The van der Waals surface area contributed by atoms with Crippen LogP contribution in [0.25, 0.3) is 0 Å². The highest BCUT2D eigenvalue weighted by Gasteiger charge is 2.12. The Morgan fingerprint density at radius 2 is 1.85 bits per heavy atom. The van der Waals surface area contributed by atoms with E-state index >= 15 is 0 Å². The Kier molecular flexibility index (Phi) is 4.29. The van der Waals surface area contributed by atoms with Gasteiger partial charge in [-0.25, -0.2) is 4.98 Å². The van der Waals surface area contributed by atoms with Crippen LogP contribution in [0.4, 0.5) is 5.82 Å². The number of hydrogen-bond acceptors (Lipinski definition) is 4. The molecule has 0 atom stereocenters. The summed E-state index contributed by atoms with van der Waals surface area (Å²) >= 11 is 5.09. The van der Waals surface area contributed by atoms with Gasteiger partial charge in [-0.15, -0.1) is 0 Å². The predicted octanol–water partition coefficient (Wildman–Crippen LogP) is 2.36. The van der Waals surface area contributed by atoms with Crippen molar-refractivity contribution in [1.29, 1.82) is 0 Å². The number of hydrogen-bond donors (Lipinski definition) is 1. The van der Waals surface area contributed by atoms with Crippen LogP contribution in [-0.4, -0.2) is 22.0 Å². The van der Waals surface area contributed by atoms with Crippen molar-refractivity contribution in [2.45, 2.75) is 20.4 Å². The molecular weight excluding hydrogens is 268 g/mol. The molecule has 0 bridgehead atoms. The van der Waals surface area contributed by atoms with Crippen LogP contribution >= 0.6 is 12.2 Å². The maximum atomic E-state index is 5.77. The van der Waals surface area contributed by atoms with Crippen LogP contribution in [0, 0.1) is 13.8 Å². The molecule has 0 saturated heterocycles. The summed E-state index contributed by atoms with van der Waals surface area (Å²) in [6, 6.07) is 9.81. The Balaban J connectivity index is 2.31. The number of thiocarbonyl (C=S) groups is 1. The quantitative estimate of drug-likeness (QED) is 0.875. The molecule has 0 aliphatic heterocycles. The molecule has 104 valence electrons. The highest BCUT2D eigenvalue weighted by molar-refractivity contribution is 7.80. The molecule has 2 rings (SSSR count). The number of nitrogens with two attached hydrogens (primary N) is 1. The highest BCUT2D eigenvalue weighted by atomic mass is 32.1. The van der Waals surface area contributed by atoms with Crippen LogP contribution in [0.15, 0.2) is 30.3 Å². The number of nitrogens with zero attached hydrogens (tertiary/aromatic N) is 3. The molecule has 4 nitrogen and oxygen atoms in total. The van der Waals surface area contributed by atoms with Crippen LogP contribution < -0.4 is 10.6 Å². The Morgan fingerprint density at radius 1 is 1.15 bits per heavy atom. The molecule has 0 radical (unpaired) electrons. The van der Waals surface area contributed by atoms with Crippen LogP contribution in [0.5, 0.6) is 0 Å². The van der Waals surface area contributed by atoms with Gasteiger partial charge in [0.25, 0.3) is 0 Å². The van der Waals surface area contributed by atoms with Crippen molar-refractivity contribution in [1.82, 2.24) is 9.97 Å². The molecule has 0 fully saturated rings. The molecule has 2 heterocycles. The Bertz CT molecular complexity index is 640. The van der Waals surface area contributed by atoms with E-state index in [2.05, 4.69) is 9.97 Å². The zero-order valence-electron chi connectivity index (χ0n) is 11.9. The molecule has 0 saturated carbocycles. The van der Waals surface area contributed by atoms with E-state index in [4.69, 9.17) is 18.0 Å². The normalized spacial score (nSPS) is 10.3. The zero-order chi connectivity index (χ0) is 14.7. The third-order valence-electron chi connectivity index (χ3n) is 2.99. The van der Waals surface area contributed by atoms with Gasteiger partial charge in [-0.1, -0.05) is 18.3 Å². The lowest BCUT2D eigenvalue weighted by Gasteiger charge is -2.21. The zero-order valence-corrected chi connectivity index (χ0v) is 12.7. The summed E-state index contributed by atoms with van der Waals surface area (Å²) in [6.45, 7) is 4.59. The third kappa shape index (κ3) is 3.30. The van der Waals surface area contributed by atoms with Crippen LogP contribution in [0.1, 0.15) is 22.6 Å². The van der Waals surface area contributed by atoms with Crippen molar-refractivity contribution in [3.05, 3.63) is 53.0 Å².